The van der Waals surface area contributed by atoms with E-state index >= 15 is 0 Å². The Labute approximate surface area is 200 Å². The Kier molecular flexibility index (Phi) is 9.44. The van der Waals surface area contributed by atoms with E-state index in [0.29, 0.717) is 36.6 Å². The van der Waals surface area contributed by atoms with Gasteiger partial charge in [-0.1, -0.05) is 30.3 Å². The summed E-state index contributed by atoms with van der Waals surface area (Å²) in [6.45, 7) is 2.38. The van der Waals surface area contributed by atoms with Crippen molar-refractivity contribution in [3.63, 3.8) is 0 Å². The highest BCUT2D eigenvalue weighted by molar-refractivity contribution is 7.98. The van der Waals surface area contributed by atoms with Gasteiger partial charge in [0.05, 0.1) is 7.11 Å². The molecule has 0 saturated carbocycles. The van der Waals surface area contributed by atoms with E-state index in [1.807, 2.05) is 42.5 Å². The molecule has 0 spiro atoms. The van der Waals surface area contributed by atoms with Crippen LogP contribution in [0.2, 0.25) is 0 Å². The summed E-state index contributed by atoms with van der Waals surface area (Å²) >= 11 is 1.66. The number of carbonyl (C=O) groups is 1. The van der Waals surface area contributed by atoms with Crippen LogP contribution in [0.15, 0.2) is 42.5 Å². The number of carbonyl (C=O) groups excluding carboxylic acids is 1. The first-order valence-electron chi connectivity index (χ1n) is 11.5. The van der Waals surface area contributed by atoms with Crippen LogP contribution in [0.4, 0.5) is 4.39 Å². The highest BCUT2D eigenvalue weighted by Crippen LogP contribution is 2.32. The van der Waals surface area contributed by atoms with Gasteiger partial charge >= 0.3 is 0 Å². The second-order valence-corrected chi connectivity index (χ2v) is 9.68. The zero-order valence-electron chi connectivity index (χ0n) is 19.8. The van der Waals surface area contributed by atoms with Gasteiger partial charge in [0, 0.05) is 37.4 Å². The number of piperidine rings is 1. The molecule has 0 aliphatic carbocycles. The molecule has 1 heterocycles. The van der Waals surface area contributed by atoms with Gasteiger partial charge in [0.1, 0.15) is 5.82 Å². The second-order valence-electron chi connectivity index (χ2n) is 8.69. The molecule has 180 valence electrons. The van der Waals surface area contributed by atoms with E-state index in [1.54, 1.807) is 31.0 Å². The summed E-state index contributed by atoms with van der Waals surface area (Å²) in [5.41, 5.74) is 1.51. The summed E-state index contributed by atoms with van der Waals surface area (Å²) in [6.07, 6.45) is 4.86. The van der Waals surface area contributed by atoms with Gasteiger partial charge < -0.3 is 14.7 Å². The number of para-hydroxylation sites is 1. The highest BCUT2D eigenvalue weighted by atomic mass is 32.2. The summed E-state index contributed by atoms with van der Waals surface area (Å²) in [5.74, 6) is 1.67. The topological polar surface area (TPSA) is 53.0 Å². The fourth-order valence-corrected chi connectivity index (χ4v) is 5.04. The van der Waals surface area contributed by atoms with E-state index in [9.17, 15) is 14.3 Å². The Hall–Kier alpha value is -2.25. The minimum atomic E-state index is -0.210. The van der Waals surface area contributed by atoms with Gasteiger partial charge in [-0.2, -0.15) is 11.8 Å². The first-order valence-corrected chi connectivity index (χ1v) is 12.9. The zero-order chi connectivity index (χ0) is 23.8. The van der Waals surface area contributed by atoms with Crippen LogP contribution in [0.1, 0.15) is 30.4 Å². The summed E-state index contributed by atoms with van der Waals surface area (Å²) in [4.78, 5) is 17.0. The number of rotatable bonds is 10. The molecule has 0 aromatic heterocycles. The number of likely N-dealkylation sites (tertiary alicyclic amines) is 1. The number of methoxy groups -OCH3 is 1. The van der Waals surface area contributed by atoms with E-state index in [1.165, 1.54) is 6.07 Å². The number of phenols is 1. The number of nitrogens with zero attached hydrogens (tertiary/aromatic N) is 2. The van der Waals surface area contributed by atoms with Crippen LogP contribution in [0, 0.1) is 11.7 Å². The van der Waals surface area contributed by atoms with Gasteiger partial charge in [-0.15, -0.1) is 0 Å². The Balaban J connectivity index is 1.69. The van der Waals surface area contributed by atoms with Crippen molar-refractivity contribution in [2.75, 3.05) is 39.3 Å². The van der Waals surface area contributed by atoms with Gasteiger partial charge in [-0.25, -0.2) is 4.39 Å². The molecule has 7 heteroatoms. The molecule has 1 saturated heterocycles. The lowest BCUT2D eigenvalue weighted by Gasteiger charge is -2.40. The van der Waals surface area contributed by atoms with Crippen LogP contribution >= 0.6 is 11.8 Å². The van der Waals surface area contributed by atoms with Gasteiger partial charge in [0.25, 0.3) is 0 Å². The lowest BCUT2D eigenvalue weighted by atomic mass is 9.84. The molecule has 1 atom stereocenters. The van der Waals surface area contributed by atoms with Crippen molar-refractivity contribution in [3.05, 3.63) is 59.4 Å². The first-order chi connectivity index (χ1) is 15.9. The predicted octanol–water partition coefficient (Wildman–Crippen LogP) is 4.57. The molecule has 2 aromatic rings. The maximum atomic E-state index is 14.4. The predicted molar refractivity (Wildman–Crippen MR) is 132 cm³/mol. The van der Waals surface area contributed by atoms with Crippen molar-refractivity contribution >= 4 is 17.7 Å². The number of ether oxygens (including phenoxy) is 1. The molecule has 1 aliphatic rings. The second kappa shape index (κ2) is 12.3. The number of aromatic hydroxyl groups is 1. The maximum absolute atomic E-state index is 14.4. The number of hydrogen-bond acceptors (Lipinski definition) is 5. The number of benzene rings is 2. The molecule has 1 N–H and O–H groups in total. The number of halogens is 1. The molecule has 2 aromatic carbocycles. The summed E-state index contributed by atoms with van der Waals surface area (Å²) < 4.78 is 19.7. The third-order valence-corrected chi connectivity index (χ3v) is 7.28. The SMILES string of the molecule is COc1cccc(CN2CCC(C(Cc3ccccc3F)N(C)C(=O)CCSC)CC2)c1O. The molecule has 1 fully saturated rings. The van der Waals surface area contributed by atoms with Crippen molar-refractivity contribution in [2.24, 2.45) is 5.92 Å². The number of hydrogen-bond donors (Lipinski definition) is 1. The minimum absolute atomic E-state index is 0.0383. The van der Waals surface area contributed by atoms with Gasteiger partial charge in [0.15, 0.2) is 11.5 Å². The van der Waals surface area contributed by atoms with Crippen molar-refractivity contribution in [2.45, 2.75) is 38.3 Å². The fourth-order valence-electron chi connectivity index (χ4n) is 4.66. The third kappa shape index (κ3) is 6.64. The summed E-state index contributed by atoms with van der Waals surface area (Å²) in [5, 5.41) is 10.4. The van der Waals surface area contributed by atoms with Crippen molar-refractivity contribution in [1.82, 2.24) is 9.80 Å². The Bertz CT molecular complexity index is 918. The van der Waals surface area contributed by atoms with Gasteiger partial charge in [-0.3, -0.25) is 9.69 Å². The van der Waals surface area contributed by atoms with Crippen molar-refractivity contribution in [3.8, 4) is 11.5 Å². The van der Waals surface area contributed by atoms with Crippen LogP contribution < -0.4 is 4.74 Å². The van der Waals surface area contributed by atoms with Crippen LogP contribution in [0.3, 0.4) is 0 Å². The smallest absolute Gasteiger partial charge is 0.223 e. The fraction of sp³-hybridized carbons (Fsp3) is 0.500. The number of amides is 1. The largest absolute Gasteiger partial charge is 0.504 e. The summed E-state index contributed by atoms with van der Waals surface area (Å²) in [7, 11) is 3.42. The molecule has 0 radical (unpaired) electrons. The van der Waals surface area contributed by atoms with E-state index in [4.69, 9.17) is 4.74 Å². The van der Waals surface area contributed by atoms with E-state index in [-0.39, 0.29) is 23.5 Å². The Morgan fingerprint density at radius 3 is 2.58 bits per heavy atom. The molecular weight excluding hydrogens is 439 g/mol. The third-order valence-electron chi connectivity index (χ3n) is 6.67. The lowest BCUT2D eigenvalue weighted by Crippen LogP contribution is -2.47. The zero-order valence-corrected chi connectivity index (χ0v) is 20.6. The molecule has 3 rings (SSSR count). The van der Waals surface area contributed by atoms with Crippen LogP contribution in [-0.2, 0) is 17.8 Å². The molecule has 33 heavy (non-hydrogen) atoms. The summed E-state index contributed by atoms with van der Waals surface area (Å²) in [6, 6.07) is 12.4. The first kappa shape index (κ1) is 25.4. The molecule has 1 aliphatic heterocycles. The average Bonchev–Trinajstić information content (AvgIpc) is 2.83. The van der Waals surface area contributed by atoms with Crippen LogP contribution in [-0.4, -0.2) is 66.1 Å². The van der Waals surface area contributed by atoms with E-state index in [0.717, 1.165) is 37.2 Å². The molecule has 1 amide bonds. The standard InChI is InChI=1S/C26H35FN2O3S/c1-28(25(30)13-16-33-3)23(17-20-7-4-5-9-22(20)27)19-11-14-29(15-12-19)18-21-8-6-10-24(32-2)26(21)31/h4-10,19,23,31H,11-18H2,1-3H3. The highest BCUT2D eigenvalue weighted by Gasteiger charge is 2.32. The number of thioether (sulfide) groups is 1. The monoisotopic (exact) mass is 474 g/mol. The Morgan fingerprint density at radius 1 is 1.21 bits per heavy atom. The quantitative estimate of drug-likeness (QED) is 0.547. The van der Waals surface area contributed by atoms with Crippen LogP contribution in [0.25, 0.3) is 0 Å². The Morgan fingerprint density at radius 2 is 1.91 bits per heavy atom. The number of likely N-dealkylation sites (N-methyl/N-ethyl adjacent to an activating group) is 1. The van der Waals surface area contributed by atoms with Crippen LogP contribution in [0.5, 0.6) is 11.5 Å². The van der Waals surface area contributed by atoms with Gasteiger partial charge in [-0.05, 0) is 62.2 Å². The van der Waals surface area contributed by atoms with Gasteiger partial charge in [0.2, 0.25) is 5.91 Å². The molecule has 1 unspecified atom stereocenters. The maximum Gasteiger partial charge on any atom is 0.223 e. The molecular formula is C26H35FN2O3S. The lowest BCUT2D eigenvalue weighted by molar-refractivity contribution is -0.133. The molecule has 5 nitrogen and oxygen atoms in total. The molecule has 0 bridgehead atoms. The van der Waals surface area contributed by atoms with Crippen molar-refractivity contribution < 1.29 is 19.0 Å². The van der Waals surface area contributed by atoms with E-state index < -0.39 is 0 Å². The normalized spacial score (nSPS) is 15.9. The van der Waals surface area contributed by atoms with E-state index in [2.05, 4.69) is 4.90 Å². The van der Waals surface area contributed by atoms with Crippen molar-refractivity contribution in [1.29, 1.82) is 0 Å². The minimum Gasteiger partial charge on any atom is -0.504 e. The number of phenolic OH excluding ortho intramolecular Hbond substituents is 1. The average molecular weight is 475 g/mol.